The number of hydrogen-bond donors (Lipinski definition) is 1. The summed E-state index contributed by atoms with van der Waals surface area (Å²) in [4.78, 5) is 22.3. The van der Waals surface area contributed by atoms with Crippen LogP contribution in [-0.4, -0.2) is 27.5 Å². The van der Waals surface area contributed by atoms with Gasteiger partial charge in [-0.15, -0.1) is 0 Å². The van der Waals surface area contributed by atoms with E-state index in [0.717, 1.165) is 12.2 Å². The van der Waals surface area contributed by atoms with Gasteiger partial charge < -0.3 is 5.32 Å². The molecule has 0 spiro atoms. The number of halogens is 1. The van der Waals surface area contributed by atoms with Crippen LogP contribution in [0.1, 0.15) is 35.8 Å². The Morgan fingerprint density at radius 1 is 1.53 bits per heavy atom. The van der Waals surface area contributed by atoms with E-state index in [0.29, 0.717) is 18.5 Å². The average molecular weight is 258 g/mol. The van der Waals surface area contributed by atoms with Crippen LogP contribution < -0.4 is 5.32 Å². The topological polar surface area (TPSA) is 64.0 Å². The van der Waals surface area contributed by atoms with Gasteiger partial charge in [-0.3, -0.25) is 14.3 Å². The maximum absolute atomic E-state index is 11.8. The summed E-state index contributed by atoms with van der Waals surface area (Å²) in [6.07, 6.45) is 2.38. The second-order valence-corrected chi connectivity index (χ2v) is 4.10. The molecule has 17 heavy (non-hydrogen) atoms. The quantitative estimate of drug-likeness (QED) is 0.620. The Morgan fingerprint density at radius 3 is 2.76 bits per heavy atom. The zero-order valence-corrected chi connectivity index (χ0v) is 10.8. The Labute approximate surface area is 105 Å². The van der Waals surface area contributed by atoms with Crippen molar-refractivity contribution in [2.45, 2.75) is 33.2 Å². The van der Waals surface area contributed by atoms with E-state index >= 15 is 0 Å². The van der Waals surface area contributed by atoms with Crippen molar-refractivity contribution in [3.05, 3.63) is 17.5 Å². The number of aromatic nitrogens is 2. The Hall–Kier alpha value is -1.36. The van der Waals surface area contributed by atoms with Crippen LogP contribution in [0.4, 0.5) is 0 Å². The Kier molecular flexibility index (Phi) is 5.15. The minimum Gasteiger partial charge on any atom is -0.352 e. The van der Waals surface area contributed by atoms with Crippen LogP contribution in [-0.2, 0) is 11.3 Å². The van der Waals surface area contributed by atoms with Gasteiger partial charge in [0.15, 0.2) is 0 Å². The first kappa shape index (κ1) is 13.7. The summed E-state index contributed by atoms with van der Waals surface area (Å²) >= 11 is 5.19. The molecule has 0 saturated carbocycles. The summed E-state index contributed by atoms with van der Waals surface area (Å²) in [5, 5.41) is 6.44. The van der Waals surface area contributed by atoms with Crippen molar-refractivity contribution in [1.29, 1.82) is 0 Å². The zero-order chi connectivity index (χ0) is 12.8. The molecule has 0 aliphatic rings. The van der Waals surface area contributed by atoms with Crippen molar-refractivity contribution in [3.63, 3.8) is 0 Å². The average Bonchev–Trinajstić information content (AvgIpc) is 2.65. The van der Waals surface area contributed by atoms with Crippen molar-refractivity contribution in [2.24, 2.45) is 0 Å². The fraction of sp³-hybridized carbons (Fsp3) is 0.545. The lowest BCUT2D eigenvalue weighted by molar-refractivity contribution is -0.111. The van der Waals surface area contributed by atoms with E-state index in [-0.39, 0.29) is 17.6 Å². The van der Waals surface area contributed by atoms with Crippen LogP contribution in [0.25, 0.3) is 0 Å². The molecule has 1 aromatic heterocycles. The van der Waals surface area contributed by atoms with E-state index < -0.39 is 0 Å². The van der Waals surface area contributed by atoms with Gasteiger partial charge in [0.2, 0.25) is 5.24 Å². The molecule has 6 heteroatoms. The summed E-state index contributed by atoms with van der Waals surface area (Å²) < 4.78 is 1.76. The second-order valence-electron chi connectivity index (χ2n) is 3.67. The predicted molar refractivity (Wildman–Crippen MR) is 65.1 cm³/mol. The van der Waals surface area contributed by atoms with E-state index in [1.807, 2.05) is 13.8 Å². The molecule has 0 unspecified atom stereocenters. The Morgan fingerprint density at radius 2 is 2.24 bits per heavy atom. The van der Waals surface area contributed by atoms with Gasteiger partial charge in [-0.2, -0.15) is 5.10 Å². The number of nitrogens with one attached hydrogen (secondary N) is 1. The Bertz CT molecular complexity index is 415. The van der Waals surface area contributed by atoms with Crippen molar-refractivity contribution in [2.75, 3.05) is 6.54 Å². The van der Waals surface area contributed by atoms with E-state index in [2.05, 4.69) is 10.4 Å². The molecule has 1 aromatic rings. The maximum atomic E-state index is 11.8. The van der Waals surface area contributed by atoms with Gasteiger partial charge in [-0.25, -0.2) is 0 Å². The highest BCUT2D eigenvalue weighted by Crippen LogP contribution is 2.06. The Balaban J connectivity index is 2.47. The van der Waals surface area contributed by atoms with Crippen LogP contribution in [0, 0.1) is 6.92 Å². The highest BCUT2D eigenvalue weighted by Gasteiger charge is 2.12. The maximum Gasteiger partial charge on any atom is 0.254 e. The number of carbonyl (C=O) groups excluding carboxylic acids is 2. The molecule has 0 aliphatic heterocycles. The van der Waals surface area contributed by atoms with E-state index in [4.69, 9.17) is 11.6 Å². The molecule has 5 nitrogen and oxygen atoms in total. The normalized spacial score (nSPS) is 10.3. The van der Waals surface area contributed by atoms with E-state index in [1.165, 1.54) is 0 Å². The smallest absolute Gasteiger partial charge is 0.254 e. The van der Waals surface area contributed by atoms with Crippen LogP contribution in [0.2, 0.25) is 0 Å². The first-order valence-electron chi connectivity index (χ1n) is 5.55. The molecule has 1 N–H and O–H groups in total. The summed E-state index contributed by atoms with van der Waals surface area (Å²) in [5.41, 5.74) is 1.42. The highest BCUT2D eigenvalue weighted by atomic mass is 35.5. The SMILES string of the molecule is CCn1ncc(C(=O)NCCCC(=O)Cl)c1C. The lowest BCUT2D eigenvalue weighted by atomic mass is 10.2. The molecule has 0 fully saturated rings. The molecule has 0 saturated heterocycles. The van der Waals surface area contributed by atoms with Gasteiger partial charge in [0.1, 0.15) is 0 Å². The first-order valence-corrected chi connectivity index (χ1v) is 5.93. The van der Waals surface area contributed by atoms with Gasteiger partial charge in [-0.05, 0) is 31.9 Å². The van der Waals surface area contributed by atoms with Crippen molar-refractivity contribution < 1.29 is 9.59 Å². The number of hydrogen-bond acceptors (Lipinski definition) is 3. The summed E-state index contributed by atoms with van der Waals surface area (Å²) in [5.74, 6) is -0.163. The monoisotopic (exact) mass is 257 g/mol. The summed E-state index contributed by atoms with van der Waals surface area (Å²) in [6, 6.07) is 0. The molecule has 1 heterocycles. The molecule has 0 atom stereocenters. The molecule has 0 aromatic carbocycles. The van der Waals surface area contributed by atoms with Crippen LogP contribution in [0.5, 0.6) is 0 Å². The van der Waals surface area contributed by atoms with E-state index in [9.17, 15) is 9.59 Å². The van der Waals surface area contributed by atoms with Gasteiger partial charge >= 0.3 is 0 Å². The van der Waals surface area contributed by atoms with Crippen LogP contribution in [0.15, 0.2) is 6.20 Å². The molecule has 1 rings (SSSR count). The molecular weight excluding hydrogens is 242 g/mol. The first-order chi connectivity index (χ1) is 8.06. The third-order valence-electron chi connectivity index (χ3n) is 2.48. The third kappa shape index (κ3) is 3.85. The van der Waals surface area contributed by atoms with Gasteiger partial charge in [0.05, 0.1) is 11.8 Å². The lowest BCUT2D eigenvalue weighted by Gasteiger charge is -2.04. The van der Waals surface area contributed by atoms with Crippen LogP contribution in [0.3, 0.4) is 0 Å². The van der Waals surface area contributed by atoms with Crippen molar-refractivity contribution >= 4 is 22.8 Å². The molecule has 94 valence electrons. The van der Waals surface area contributed by atoms with Crippen molar-refractivity contribution in [3.8, 4) is 0 Å². The minimum atomic E-state index is -0.380. The fourth-order valence-corrected chi connectivity index (χ4v) is 1.65. The van der Waals surface area contributed by atoms with Crippen molar-refractivity contribution in [1.82, 2.24) is 15.1 Å². The lowest BCUT2D eigenvalue weighted by Crippen LogP contribution is -2.25. The zero-order valence-electron chi connectivity index (χ0n) is 9.99. The van der Waals surface area contributed by atoms with Gasteiger partial charge in [0.25, 0.3) is 5.91 Å². The number of nitrogens with zero attached hydrogens (tertiary/aromatic N) is 2. The molecule has 0 aliphatic carbocycles. The van der Waals surface area contributed by atoms with Crippen LogP contribution >= 0.6 is 11.6 Å². The number of amides is 1. The van der Waals surface area contributed by atoms with E-state index in [1.54, 1.807) is 10.9 Å². The third-order valence-corrected chi connectivity index (χ3v) is 2.67. The summed E-state index contributed by atoms with van der Waals surface area (Å²) in [7, 11) is 0. The largest absolute Gasteiger partial charge is 0.352 e. The van der Waals surface area contributed by atoms with Gasteiger partial charge in [0, 0.05) is 25.2 Å². The standard InChI is InChI=1S/C11H16ClN3O2/c1-3-15-8(2)9(7-14-15)11(17)13-6-4-5-10(12)16/h7H,3-6H2,1-2H3,(H,13,17). The molecular formula is C11H16ClN3O2. The van der Waals surface area contributed by atoms with Gasteiger partial charge in [-0.1, -0.05) is 0 Å². The number of rotatable bonds is 6. The minimum absolute atomic E-state index is 0.163. The second kappa shape index (κ2) is 6.39. The predicted octanol–water partition coefficient (Wildman–Crippen LogP) is 1.49. The summed E-state index contributed by atoms with van der Waals surface area (Å²) in [6.45, 7) is 5.00. The molecule has 0 bridgehead atoms. The highest BCUT2D eigenvalue weighted by molar-refractivity contribution is 6.63. The molecule has 1 amide bonds. The molecule has 0 radical (unpaired) electrons. The number of carbonyl (C=O) groups is 2. The number of aryl methyl sites for hydroxylation is 1. The fourth-order valence-electron chi connectivity index (χ4n) is 1.51.